The molecule has 0 spiro atoms. The van der Waals surface area contributed by atoms with Crippen LogP contribution in [0.15, 0.2) is 47.4 Å². The second-order valence-electron chi connectivity index (χ2n) is 15.0. The lowest BCUT2D eigenvalue weighted by atomic mass is 10.0. The monoisotopic (exact) mass is 767 g/mol. The molecule has 2 aliphatic heterocycles. The van der Waals surface area contributed by atoms with Crippen LogP contribution in [0.4, 0.5) is 9.59 Å². The molecule has 12 nitrogen and oxygen atoms in total. The van der Waals surface area contributed by atoms with Gasteiger partial charge < -0.3 is 29.7 Å². The summed E-state index contributed by atoms with van der Waals surface area (Å²) in [5, 5.41) is 6.98. The van der Waals surface area contributed by atoms with Crippen molar-refractivity contribution < 1.29 is 23.9 Å². The van der Waals surface area contributed by atoms with Crippen molar-refractivity contribution in [1.29, 1.82) is 0 Å². The highest BCUT2D eigenvalue weighted by atomic mass is 32.1. The third kappa shape index (κ3) is 7.74. The third-order valence-electron chi connectivity index (χ3n) is 9.75. The fourth-order valence-electron chi connectivity index (χ4n) is 7.08. The zero-order chi connectivity index (χ0) is 38.1. The SMILES string of the molecule is COC(=O)NC(C(=O)N1CCCC1c1ncc(-c2ccc(-c3csc4c(C#Cc5cnc(C6CCCN6C(=O)OC(C)(C)C)[nH]5)csc34)cc2)[nH]1)C(C)C. The normalized spacial score (nSPS) is 17.8. The molecule has 282 valence electrons. The van der Waals surface area contributed by atoms with Crippen LogP contribution >= 0.6 is 22.7 Å². The van der Waals surface area contributed by atoms with Crippen LogP contribution in [0, 0.1) is 17.8 Å². The standard InChI is InChI=1S/C40H45N7O5S2/c1-23(2)32(45-38(49)51-6)37(48)46-17-7-9-30(46)36-42-20-29(44-36)25-13-11-24(12-14-25)28-22-54-33-26(21-53-34(28)33)15-16-27-19-41-35(43-27)31-10-8-18-47(31)39(50)52-40(3,4)5/h11-14,19-23,30-32H,7-10,17-18H2,1-6H3,(H,41,43)(H,42,44)(H,45,49). The van der Waals surface area contributed by atoms with Gasteiger partial charge in [0.1, 0.15) is 29.0 Å². The van der Waals surface area contributed by atoms with E-state index >= 15 is 0 Å². The predicted octanol–water partition coefficient (Wildman–Crippen LogP) is 8.26. The second kappa shape index (κ2) is 15.3. The van der Waals surface area contributed by atoms with Gasteiger partial charge in [-0.05, 0) is 69.4 Å². The van der Waals surface area contributed by atoms with Crippen LogP contribution in [0.2, 0.25) is 0 Å². The molecule has 2 aliphatic rings. The number of amides is 3. The van der Waals surface area contributed by atoms with Crippen LogP contribution in [0.25, 0.3) is 31.8 Å². The summed E-state index contributed by atoms with van der Waals surface area (Å²) in [6.07, 6.45) is 5.99. The van der Waals surface area contributed by atoms with Crippen molar-refractivity contribution in [2.45, 2.75) is 84.0 Å². The number of benzene rings is 1. The van der Waals surface area contributed by atoms with E-state index in [1.165, 1.54) is 11.8 Å². The maximum absolute atomic E-state index is 13.5. The van der Waals surface area contributed by atoms with Crippen LogP contribution in [0.1, 0.15) is 95.3 Å². The Hall–Kier alpha value is -5.13. The van der Waals surface area contributed by atoms with Crippen molar-refractivity contribution in [2.24, 2.45) is 5.92 Å². The van der Waals surface area contributed by atoms with E-state index in [0.29, 0.717) is 18.8 Å². The smallest absolute Gasteiger partial charge is 0.410 e. The average molecular weight is 768 g/mol. The van der Waals surface area contributed by atoms with Gasteiger partial charge in [-0.15, -0.1) is 22.7 Å². The summed E-state index contributed by atoms with van der Waals surface area (Å²) in [5.74, 6) is 7.83. The minimum atomic E-state index is -0.679. The molecule has 3 unspecified atom stereocenters. The summed E-state index contributed by atoms with van der Waals surface area (Å²) in [4.78, 5) is 57.9. The highest BCUT2D eigenvalue weighted by molar-refractivity contribution is 7.27. The lowest BCUT2D eigenvalue weighted by Crippen LogP contribution is -2.51. The molecule has 7 rings (SSSR count). The van der Waals surface area contributed by atoms with Gasteiger partial charge in [0.05, 0.1) is 52.2 Å². The Morgan fingerprint density at radius 1 is 0.889 bits per heavy atom. The van der Waals surface area contributed by atoms with Gasteiger partial charge in [0.2, 0.25) is 5.91 Å². The van der Waals surface area contributed by atoms with E-state index in [2.05, 4.69) is 72.1 Å². The van der Waals surface area contributed by atoms with Gasteiger partial charge in [0, 0.05) is 29.4 Å². The molecule has 3 amide bonds. The molecule has 4 aromatic heterocycles. The number of fused-ring (bicyclic) bond motifs is 1. The molecule has 2 saturated heterocycles. The highest BCUT2D eigenvalue weighted by Gasteiger charge is 2.38. The molecular formula is C40H45N7O5S2. The Kier molecular flexibility index (Phi) is 10.5. The molecule has 6 heterocycles. The van der Waals surface area contributed by atoms with Crippen molar-refractivity contribution in [2.75, 3.05) is 20.2 Å². The van der Waals surface area contributed by atoms with E-state index < -0.39 is 17.7 Å². The molecule has 0 radical (unpaired) electrons. The summed E-state index contributed by atoms with van der Waals surface area (Å²) >= 11 is 3.37. The molecule has 0 aliphatic carbocycles. The number of rotatable bonds is 7. The molecule has 0 bridgehead atoms. The molecule has 14 heteroatoms. The number of methoxy groups -OCH3 is 1. The lowest BCUT2D eigenvalue weighted by Gasteiger charge is -2.30. The number of carbonyl (C=O) groups is 3. The minimum absolute atomic E-state index is 0.0971. The first-order valence-electron chi connectivity index (χ1n) is 18.3. The summed E-state index contributed by atoms with van der Waals surface area (Å²) in [6.45, 7) is 10.7. The Bertz CT molecular complexity index is 2210. The fraction of sp³-hybridized carbons (Fsp3) is 0.425. The zero-order valence-electron chi connectivity index (χ0n) is 31.3. The van der Waals surface area contributed by atoms with Crippen molar-refractivity contribution >= 4 is 50.2 Å². The van der Waals surface area contributed by atoms with Gasteiger partial charge in [-0.25, -0.2) is 19.6 Å². The number of ether oxygens (including phenoxy) is 2. The molecule has 5 aromatic rings. The Labute approximate surface area is 322 Å². The quantitative estimate of drug-likeness (QED) is 0.141. The van der Waals surface area contributed by atoms with Crippen LogP contribution in [-0.2, 0) is 14.3 Å². The van der Waals surface area contributed by atoms with E-state index in [1.807, 2.05) is 45.7 Å². The predicted molar refractivity (Wildman–Crippen MR) is 210 cm³/mol. The number of aromatic nitrogens is 4. The van der Waals surface area contributed by atoms with Gasteiger partial charge in [0.15, 0.2) is 0 Å². The zero-order valence-corrected chi connectivity index (χ0v) is 33.0. The third-order valence-corrected chi connectivity index (χ3v) is 11.9. The average Bonchev–Trinajstić information content (AvgIpc) is 3.99. The van der Waals surface area contributed by atoms with E-state index in [4.69, 9.17) is 9.47 Å². The van der Waals surface area contributed by atoms with Crippen LogP contribution in [0.5, 0.6) is 0 Å². The number of carbonyl (C=O) groups excluding carboxylic acids is 3. The Morgan fingerprint density at radius 3 is 2.24 bits per heavy atom. The number of likely N-dealkylation sites (tertiary alicyclic amines) is 2. The topological polar surface area (TPSA) is 146 Å². The molecule has 0 saturated carbocycles. The number of nitrogens with zero attached hydrogens (tertiary/aromatic N) is 4. The van der Waals surface area contributed by atoms with Crippen molar-refractivity contribution in [1.82, 2.24) is 35.1 Å². The van der Waals surface area contributed by atoms with E-state index in [1.54, 1.807) is 33.8 Å². The minimum Gasteiger partial charge on any atom is -0.453 e. The van der Waals surface area contributed by atoms with Crippen LogP contribution < -0.4 is 5.32 Å². The number of nitrogens with one attached hydrogen (secondary N) is 3. The molecule has 3 atom stereocenters. The first-order valence-corrected chi connectivity index (χ1v) is 20.0. The maximum Gasteiger partial charge on any atom is 0.410 e. The number of aromatic amines is 2. The summed E-state index contributed by atoms with van der Waals surface area (Å²) in [7, 11) is 1.29. The Balaban J connectivity index is 1.03. The molecule has 54 heavy (non-hydrogen) atoms. The van der Waals surface area contributed by atoms with Gasteiger partial charge in [0.25, 0.3) is 0 Å². The van der Waals surface area contributed by atoms with Crippen LogP contribution in [-0.4, -0.2) is 79.7 Å². The van der Waals surface area contributed by atoms with Crippen LogP contribution in [0.3, 0.4) is 0 Å². The van der Waals surface area contributed by atoms with E-state index in [-0.39, 0.29) is 30.0 Å². The Morgan fingerprint density at radius 2 is 1.54 bits per heavy atom. The summed E-state index contributed by atoms with van der Waals surface area (Å²) in [5.41, 5.74) is 5.27. The first kappa shape index (κ1) is 37.2. The summed E-state index contributed by atoms with van der Waals surface area (Å²) in [6, 6.07) is 7.38. The molecule has 2 fully saturated rings. The van der Waals surface area contributed by atoms with E-state index in [0.717, 1.165) is 70.0 Å². The van der Waals surface area contributed by atoms with E-state index in [9.17, 15) is 14.4 Å². The van der Waals surface area contributed by atoms with Crippen molar-refractivity contribution in [3.05, 3.63) is 70.3 Å². The van der Waals surface area contributed by atoms with Gasteiger partial charge in [-0.1, -0.05) is 44.0 Å². The lowest BCUT2D eigenvalue weighted by molar-refractivity contribution is -0.135. The maximum atomic E-state index is 13.5. The van der Waals surface area contributed by atoms with Crippen molar-refractivity contribution in [3.63, 3.8) is 0 Å². The van der Waals surface area contributed by atoms with Gasteiger partial charge >= 0.3 is 12.2 Å². The highest BCUT2D eigenvalue weighted by Crippen LogP contribution is 2.41. The number of thiophene rings is 2. The van der Waals surface area contributed by atoms with Gasteiger partial charge in [-0.2, -0.15) is 0 Å². The number of imidazole rings is 2. The largest absolute Gasteiger partial charge is 0.453 e. The molecular weight excluding hydrogens is 723 g/mol. The molecule has 1 aromatic carbocycles. The van der Waals surface area contributed by atoms with Crippen molar-refractivity contribution in [3.8, 4) is 34.2 Å². The summed E-state index contributed by atoms with van der Waals surface area (Å²) < 4.78 is 12.7. The number of hydrogen-bond acceptors (Lipinski definition) is 9. The fourth-order valence-corrected chi connectivity index (χ4v) is 9.39. The second-order valence-corrected chi connectivity index (χ2v) is 16.8. The number of H-pyrrole nitrogens is 2. The first-order chi connectivity index (χ1) is 25.9. The molecule has 3 N–H and O–H groups in total. The van der Waals surface area contributed by atoms with Gasteiger partial charge in [-0.3, -0.25) is 9.69 Å². The number of alkyl carbamates (subject to hydrolysis) is 1. The number of hydrogen-bond donors (Lipinski definition) is 3.